The van der Waals surface area contributed by atoms with Crippen LogP contribution in [0.3, 0.4) is 0 Å². The predicted molar refractivity (Wildman–Crippen MR) is 52.0 cm³/mol. The number of hydrogen-bond acceptors (Lipinski definition) is 6. The van der Waals surface area contributed by atoms with Crippen molar-refractivity contribution >= 4 is 0 Å². The van der Waals surface area contributed by atoms with Crippen LogP contribution in [0.2, 0.25) is 0 Å². The van der Waals surface area contributed by atoms with Gasteiger partial charge in [0.25, 0.3) is 5.89 Å². The fourth-order valence-corrected chi connectivity index (χ4v) is 1.10. The van der Waals surface area contributed by atoms with E-state index in [4.69, 9.17) is 14.8 Å². The Balaban J connectivity index is 2.27. The van der Waals surface area contributed by atoms with Crippen LogP contribution in [0.1, 0.15) is 24.4 Å². The lowest BCUT2D eigenvalue weighted by Gasteiger charge is -1.98. The Hall–Kier alpha value is -1.69. The molecule has 15 heavy (non-hydrogen) atoms. The van der Waals surface area contributed by atoms with E-state index in [9.17, 15) is 0 Å². The molecule has 0 aliphatic rings. The summed E-state index contributed by atoms with van der Waals surface area (Å²) in [6.45, 7) is 4.24. The lowest BCUT2D eigenvalue weighted by molar-refractivity contribution is 0.378. The monoisotopic (exact) mass is 208 g/mol. The van der Waals surface area contributed by atoms with Gasteiger partial charge in [-0.05, 0) is 6.92 Å². The molecule has 2 rings (SSSR count). The van der Waals surface area contributed by atoms with Gasteiger partial charge in [-0.3, -0.25) is 0 Å². The van der Waals surface area contributed by atoms with E-state index in [2.05, 4.69) is 15.3 Å². The van der Waals surface area contributed by atoms with Gasteiger partial charge in [0.05, 0.1) is 5.69 Å². The molecular formula is C9H12N4O2. The first kappa shape index (κ1) is 9.85. The molecule has 2 N–H and O–H groups in total. The summed E-state index contributed by atoms with van der Waals surface area (Å²) in [5.74, 6) is 1.48. The first-order chi connectivity index (χ1) is 7.20. The van der Waals surface area contributed by atoms with E-state index >= 15 is 0 Å². The molecule has 0 spiro atoms. The average molecular weight is 208 g/mol. The van der Waals surface area contributed by atoms with Crippen LogP contribution >= 0.6 is 0 Å². The molecule has 0 aromatic carbocycles. The lowest BCUT2D eigenvalue weighted by atomic mass is 10.2. The van der Waals surface area contributed by atoms with Crippen molar-refractivity contribution in [2.45, 2.75) is 19.8 Å². The molecule has 0 saturated heterocycles. The Morgan fingerprint density at radius 1 is 1.40 bits per heavy atom. The second-order valence-electron chi connectivity index (χ2n) is 3.43. The molecule has 0 bridgehead atoms. The molecule has 6 nitrogen and oxygen atoms in total. The third-order valence-electron chi connectivity index (χ3n) is 2.07. The van der Waals surface area contributed by atoms with E-state index in [1.807, 2.05) is 13.8 Å². The SMILES string of the molecule is Cc1cc(-c2nc(C(C)CN)no2)on1. The molecule has 2 aromatic heterocycles. The minimum absolute atomic E-state index is 0.0755. The molecule has 2 aromatic rings. The zero-order chi connectivity index (χ0) is 10.8. The standard InChI is InChI=1S/C9H12N4O2/c1-5(4-10)8-11-9(15-13-8)7-3-6(2)12-14-7/h3,5H,4,10H2,1-2H3. The topological polar surface area (TPSA) is 91.0 Å². The molecule has 80 valence electrons. The normalized spacial score (nSPS) is 13.0. The summed E-state index contributed by atoms with van der Waals surface area (Å²) in [7, 11) is 0. The molecule has 1 unspecified atom stereocenters. The summed E-state index contributed by atoms with van der Waals surface area (Å²) < 4.78 is 10.0. The van der Waals surface area contributed by atoms with Gasteiger partial charge < -0.3 is 14.8 Å². The van der Waals surface area contributed by atoms with Crippen molar-refractivity contribution in [3.63, 3.8) is 0 Å². The molecule has 0 amide bonds. The lowest BCUT2D eigenvalue weighted by Crippen LogP contribution is -2.10. The van der Waals surface area contributed by atoms with Crippen molar-refractivity contribution in [2.24, 2.45) is 5.73 Å². The minimum Gasteiger partial charge on any atom is -0.351 e. The van der Waals surface area contributed by atoms with Crippen LogP contribution in [0, 0.1) is 6.92 Å². The quantitative estimate of drug-likeness (QED) is 0.811. The molecular weight excluding hydrogens is 196 g/mol. The van der Waals surface area contributed by atoms with Gasteiger partial charge in [0.15, 0.2) is 5.82 Å². The summed E-state index contributed by atoms with van der Waals surface area (Å²) in [5.41, 5.74) is 6.27. The van der Waals surface area contributed by atoms with E-state index in [1.54, 1.807) is 6.07 Å². The summed E-state index contributed by atoms with van der Waals surface area (Å²) >= 11 is 0. The van der Waals surface area contributed by atoms with E-state index in [1.165, 1.54) is 0 Å². The highest BCUT2D eigenvalue weighted by atomic mass is 16.5. The highest BCUT2D eigenvalue weighted by Gasteiger charge is 2.16. The van der Waals surface area contributed by atoms with Crippen molar-refractivity contribution in [3.05, 3.63) is 17.6 Å². The van der Waals surface area contributed by atoms with Gasteiger partial charge in [-0.15, -0.1) is 0 Å². The Morgan fingerprint density at radius 3 is 2.80 bits per heavy atom. The molecule has 6 heteroatoms. The number of hydrogen-bond donors (Lipinski definition) is 1. The van der Waals surface area contributed by atoms with Crippen LogP contribution in [0.4, 0.5) is 0 Å². The Kier molecular flexibility index (Phi) is 2.51. The molecule has 0 aliphatic carbocycles. The van der Waals surface area contributed by atoms with Gasteiger partial charge >= 0.3 is 0 Å². The number of aromatic nitrogens is 3. The first-order valence-electron chi connectivity index (χ1n) is 4.68. The van der Waals surface area contributed by atoms with Crippen LogP contribution < -0.4 is 5.73 Å². The van der Waals surface area contributed by atoms with Gasteiger partial charge in [0.1, 0.15) is 0 Å². The number of nitrogens with two attached hydrogens (primary N) is 1. The highest BCUT2D eigenvalue weighted by molar-refractivity contribution is 5.43. The number of rotatable bonds is 3. The molecule has 2 heterocycles. The van der Waals surface area contributed by atoms with Gasteiger partial charge in [0.2, 0.25) is 5.76 Å². The van der Waals surface area contributed by atoms with E-state index in [0.717, 1.165) is 5.69 Å². The van der Waals surface area contributed by atoms with Crippen LogP contribution in [-0.4, -0.2) is 21.8 Å². The molecule has 0 aliphatic heterocycles. The van der Waals surface area contributed by atoms with Gasteiger partial charge in [-0.1, -0.05) is 17.2 Å². The summed E-state index contributed by atoms with van der Waals surface area (Å²) in [5, 5.41) is 7.56. The maximum Gasteiger partial charge on any atom is 0.296 e. The largest absolute Gasteiger partial charge is 0.351 e. The van der Waals surface area contributed by atoms with E-state index < -0.39 is 0 Å². The first-order valence-corrected chi connectivity index (χ1v) is 4.68. The van der Waals surface area contributed by atoms with E-state index in [0.29, 0.717) is 24.0 Å². The maximum atomic E-state index is 5.50. The molecule has 1 atom stereocenters. The second-order valence-corrected chi connectivity index (χ2v) is 3.43. The Bertz CT molecular complexity index is 448. The van der Waals surface area contributed by atoms with Crippen LogP contribution in [0.5, 0.6) is 0 Å². The summed E-state index contributed by atoms with van der Waals surface area (Å²) in [6.07, 6.45) is 0. The Labute approximate surface area is 86.4 Å². The Morgan fingerprint density at radius 2 is 2.20 bits per heavy atom. The highest BCUT2D eigenvalue weighted by Crippen LogP contribution is 2.20. The van der Waals surface area contributed by atoms with Gasteiger partial charge in [0, 0.05) is 18.5 Å². The second kappa shape index (κ2) is 3.82. The fraction of sp³-hybridized carbons (Fsp3) is 0.444. The predicted octanol–water partition coefficient (Wildman–Crippen LogP) is 1.10. The molecule has 0 radical (unpaired) electrons. The summed E-state index contributed by atoms with van der Waals surface area (Å²) in [6, 6.07) is 1.74. The zero-order valence-corrected chi connectivity index (χ0v) is 8.60. The maximum absolute atomic E-state index is 5.50. The third-order valence-corrected chi connectivity index (χ3v) is 2.07. The van der Waals surface area contributed by atoms with Crippen LogP contribution in [0.15, 0.2) is 15.1 Å². The smallest absolute Gasteiger partial charge is 0.296 e. The van der Waals surface area contributed by atoms with Crippen molar-refractivity contribution < 1.29 is 9.05 Å². The van der Waals surface area contributed by atoms with E-state index in [-0.39, 0.29) is 5.92 Å². The van der Waals surface area contributed by atoms with Crippen molar-refractivity contribution in [2.75, 3.05) is 6.54 Å². The number of aryl methyl sites for hydroxylation is 1. The van der Waals surface area contributed by atoms with Crippen LogP contribution in [-0.2, 0) is 0 Å². The zero-order valence-electron chi connectivity index (χ0n) is 8.60. The average Bonchev–Trinajstić information content (AvgIpc) is 2.84. The van der Waals surface area contributed by atoms with Crippen molar-refractivity contribution in [3.8, 4) is 11.7 Å². The minimum atomic E-state index is 0.0755. The molecule has 0 saturated carbocycles. The van der Waals surface area contributed by atoms with Gasteiger partial charge in [-0.25, -0.2) is 0 Å². The van der Waals surface area contributed by atoms with Crippen molar-refractivity contribution in [1.29, 1.82) is 0 Å². The van der Waals surface area contributed by atoms with Crippen molar-refractivity contribution in [1.82, 2.24) is 15.3 Å². The summed E-state index contributed by atoms with van der Waals surface area (Å²) in [4.78, 5) is 4.17. The fourth-order valence-electron chi connectivity index (χ4n) is 1.10. The van der Waals surface area contributed by atoms with Gasteiger partial charge in [-0.2, -0.15) is 4.98 Å². The molecule has 0 fully saturated rings. The van der Waals surface area contributed by atoms with Crippen LogP contribution in [0.25, 0.3) is 11.7 Å². The number of nitrogens with zero attached hydrogens (tertiary/aromatic N) is 3. The third kappa shape index (κ3) is 1.89.